The summed E-state index contributed by atoms with van der Waals surface area (Å²) < 4.78 is 6.83. The van der Waals surface area contributed by atoms with Crippen LogP contribution in [0.5, 0.6) is 11.5 Å². The molecule has 0 atom stereocenters. The molecular weight excluding hydrogens is 278 g/mol. The fraction of sp³-hybridized carbons (Fsp3) is 0.143. The third-order valence-electron chi connectivity index (χ3n) is 2.59. The number of aryl methyl sites for hydroxylation is 2. The molecule has 88 valence electrons. The van der Waals surface area contributed by atoms with E-state index in [0.29, 0.717) is 11.4 Å². The van der Waals surface area contributed by atoms with Gasteiger partial charge in [-0.1, -0.05) is 34.1 Å². The van der Waals surface area contributed by atoms with Crippen molar-refractivity contribution >= 4 is 21.6 Å². The van der Waals surface area contributed by atoms with Gasteiger partial charge >= 0.3 is 0 Å². The summed E-state index contributed by atoms with van der Waals surface area (Å²) in [7, 11) is 0. The molecule has 0 aliphatic heterocycles. The van der Waals surface area contributed by atoms with Crippen LogP contribution in [0.25, 0.3) is 0 Å². The number of hydrogen-bond acceptors (Lipinski definition) is 2. The Kier molecular flexibility index (Phi) is 3.38. The smallest absolute Gasteiger partial charge is 0.150 e. The largest absolute Gasteiger partial charge is 0.455 e. The van der Waals surface area contributed by atoms with Crippen molar-refractivity contribution in [1.29, 1.82) is 0 Å². The fourth-order valence-electron chi connectivity index (χ4n) is 1.68. The van der Waals surface area contributed by atoms with Crippen LogP contribution in [0.1, 0.15) is 11.1 Å². The van der Waals surface area contributed by atoms with E-state index in [1.54, 1.807) is 0 Å². The van der Waals surface area contributed by atoms with E-state index in [9.17, 15) is 0 Å². The van der Waals surface area contributed by atoms with Crippen molar-refractivity contribution in [2.24, 2.45) is 0 Å². The predicted octanol–water partition coefficient (Wildman–Crippen LogP) is 4.44. The summed E-state index contributed by atoms with van der Waals surface area (Å²) in [5.41, 5.74) is 8.75. The van der Waals surface area contributed by atoms with E-state index >= 15 is 0 Å². The SMILES string of the molecule is Cc1cccc(C)c1Oc1ccc(Br)cc1N. The number of anilines is 1. The Bertz CT molecular complexity index is 532. The first-order valence-corrected chi connectivity index (χ1v) is 6.16. The van der Waals surface area contributed by atoms with E-state index in [-0.39, 0.29) is 0 Å². The molecule has 0 heterocycles. The minimum atomic E-state index is 0.627. The maximum atomic E-state index is 5.91. The standard InChI is InChI=1S/C14H14BrNO/c1-9-4-3-5-10(2)14(9)17-13-7-6-11(15)8-12(13)16/h3-8H,16H2,1-2H3. The number of halogens is 1. The molecule has 0 aliphatic rings. The van der Waals surface area contributed by atoms with Crippen LogP contribution in [0.3, 0.4) is 0 Å². The second-order valence-electron chi connectivity index (χ2n) is 4.01. The van der Waals surface area contributed by atoms with Crippen molar-refractivity contribution < 1.29 is 4.74 Å². The lowest BCUT2D eigenvalue weighted by Gasteiger charge is -2.13. The molecule has 0 bridgehead atoms. The number of para-hydroxylation sites is 1. The number of nitrogen functional groups attached to an aromatic ring is 1. The van der Waals surface area contributed by atoms with Crippen molar-refractivity contribution in [3.63, 3.8) is 0 Å². The van der Waals surface area contributed by atoms with Crippen molar-refractivity contribution in [3.05, 3.63) is 52.0 Å². The lowest BCUT2D eigenvalue weighted by Crippen LogP contribution is -1.95. The molecular formula is C14H14BrNO. The zero-order chi connectivity index (χ0) is 12.4. The lowest BCUT2D eigenvalue weighted by atomic mass is 10.1. The minimum Gasteiger partial charge on any atom is -0.455 e. The average Bonchev–Trinajstić information content (AvgIpc) is 2.26. The van der Waals surface area contributed by atoms with E-state index in [1.165, 1.54) is 0 Å². The number of nitrogens with two attached hydrogens (primary N) is 1. The van der Waals surface area contributed by atoms with E-state index in [0.717, 1.165) is 21.3 Å². The van der Waals surface area contributed by atoms with Crippen LogP contribution in [0.15, 0.2) is 40.9 Å². The molecule has 2 aromatic rings. The molecule has 0 aliphatic carbocycles. The number of benzene rings is 2. The molecule has 0 amide bonds. The maximum Gasteiger partial charge on any atom is 0.150 e. The summed E-state index contributed by atoms with van der Waals surface area (Å²) in [5, 5.41) is 0. The molecule has 0 unspecified atom stereocenters. The van der Waals surface area contributed by atoms with Gasteiger partial charge in [0.2, 0.25) is 0 Å². The Morgan fingerprint density at radius 1 is 1.06 bits per heavy atom. The van der Waals surface area contributed by atoms with Gasteiger partial charge in [-0.3, -0.25) is 0 Å². The Morgan fingerprint density at radius 2 is 1.71 bits per heavy atom. The normalized spacial score (nSPS) is 10.3. The molecule has 0 radical (unpaired) electrons. The van der Waals surface area contributed by atoms with E-state index < -0.39 is 0 Å². The second-order valence-corrected chi connectivity index (χ2v) is 4.92. The summed E-state index contributed by atoms with van der Waals surface area (Å²) in [4.78, 5) is 0. The summed E-state index contributed by atoms with van der Waals surface area (Å²) in [6, 6.07) is 11.7. The van der Waals surface area contributed by atoms with Gasteiger partial charge in [0.1, 0.15) is 11.5 Å². The van der Waals surface area contributed by atoms with E-state index in [4.69, 9.17) is 10.5 Å². The Balaban J connectivity index is 2.38. The first-order chi connectivity index (χ1) is 8.08. The van der Waals surface area contributed by atoms with Gasteiger partial charge in [0, 0.05) is 4.47 Å². The van der Waals surface area contributed by atoms with Gasteiger partial charge in [0.25, 0.3) is 0 Å². The van der Waals surface area contributed by atoms with Crippen molar-refractivity contribution in [2.75, 3.05) is 5.73 Å². The summed E-state index contributed by atoms with van der Waals surface area (Å²) >= 11 is 3.38. The highest BCUT2D eigenvalue weighted by Gasteiger charge is 2.07. The summed E-state index contributed by atoms with van der Waals surface area (Å²) in [5.74, 6) is 1.56. The Labute approximate surface area is 110 Å². The molecule has 3 heteroatoms. The third-order valence-corrected chi connectivity index (χ3v) is 3.09. The fourth-order valence-corrected chi connectivity index (χ4v) is 2.06. The lowest BCUT2D eigenvalue weighted by molar-refractivity contribution is 0.477. The quantitative estimate of drug-likeness (QED) is 0.830. The van der Waals surface area contributed by atoms with Crippen LogP contribution in [0.4, 0.5) is 5.69 Å². The molecule has 0 fully saturated rings. The first-order valence-electron chi connectivity index (χ1n) is 5.37. The van der Waals surface area contributed by atoms with Gasteiger partial charge in [-0.25, -0.2) is 0 Å². The summed E-state index contributed by atoms with van der Waals surface area (Å²) in [6.45, 7) is 4.05. The van der Waals surface area contributed by atoms with Gasteiger partial charge in [-0.15, -0.1) is 0 Å². The molecule has 0 saturated heterocycles. The third kappa shape index (κ3) is 2.61. The van der Waals surface area contributed by atoms with Gasteiger partial charge in [-0.2, -0.15) is 0 Å². The number of hydrogen-bond donors (Lipinski definition) is 1. The van der Waals surface area contributed by atoms with E-state index in [2.05, 4.69) is 15.9 Å². The zero-order valence-corrected chi connectivity index (χ0v) is 11.4. The minimum absolute atomic E-state index is 0.627. The maximum absolute atomic E-state index is 5.91. The van der Waals surface area contributed by atoms with Crippen LogP contribution in [0.2, 0.25) is 0 Å². The van der Waals surface area contributed by atoms with Crippen LogP contribution >= 0.6 is 15.9 Å². The van der Waals surface area contributed by atoms with Crippen LogP contribution in [-0.2, 0) is 0 Å². The van der Waals surface area contributed by atoms with Crippen molar-refractivity contribution in [2.45, 2.75) is 13.8 Å². The highest BCUT2D eigenvalue weighted by atomic mass is 79.9. The van der Waals surface area contributed by atoms with Gasteiger partial charge in [-0.05, 0) is 43.2 Å². The molecule has 0 saturated carbocycles. The summed E-state index contributed by atoms with van der Waals surface area (Å²) in [6.07, 6.45) is 0. The second kappa shape index (κ2) is 4.80. The molecule has 0 spiro atoms. The molecule has 2 aromatic carbocycles. The molecule has 2 rings (SSSR count). The van der Waals surface area contributed by atoms with Crippen LogP contribution < -0.4 is 10.5 Å². The molecule has 2 nitrogen and oxygen atoms in total. The van der Waals surface area contributed by atoms with Crippen molar-refractivity contribution in [1.82, 2.24) is 0 Å². The van der Waals surface area contributed by atoms with Gasteiger partial charge in [0.05, 0.1) is 5.69 Å². The number of rotatable bonds is 2. The average molecular weight is 292 g/mol. The van der Waals surface area contributed by atoms with E-state index in [1.807, 2.05) is 50.2 Å². The van der Waals surface area contributed by atoms with Gasteiger partial charge < -0.3 is 10.5 Å². The Hall–Kier alpha value is -1.48. The van der Waals surface area contributed by atoms with Crippen molar-refractivity contribution in [3.8, 4) is 11.5 Å². The molecule has 0 aromatic heterocycles. The monoisotopic (exact) mass is 291 g/mol. The zero-order valence-electron chi connectivity index (χ0n) is 9.83. The Morgan fingerprint density at radius 3 is 2.29 bits per heavy atom. The molecule has 17 heavy (non-hydrogen) atoms. The highest BCUT2D eigenvalue weighted by molar-refractivity contribution is 9.10. The highest BCUT2D eigenvalue weighted by Crippen LogP contribution is 2.33. The number of ether oxygens (including phenoxy) is 1. The first kappa shape index (κ1) is 12.0. The molecule has 2 N–H and O–H groups in total. The van der Waals surface area contributed by atoms with Crippen LogP contribution in [0, 0.1) is 13.8 Å². The predicted molar refractivity (Wildman–Crippen MR) is 74.5 cm³/mol. The van der Waals surface area contributed by atoms with Crippen LogP contribution in [-0.4, -0.2) is 0 Å². The van der Waals surface area contributed by atoms with Gasteiger partial charge in [0.15, 0.2) is 0 Å². The topological polar surface area (TPSA) is 35.2 Å².